The van der Waals surface area contributed by atoms with E-state index >= 15 is 4.39 Å². The molecule has 212 valence electrons. The Bertz CT molecular complexity index is 1430. The molecule has 3 aromatic rings. The summed E-state index contributed by atoms with van der Waals surface area (Å²) < 4.78 is 53.9. The molecule has 14 heteroatoms. The summed E-state index contributed by atoms with van der Waals surface area (Å²) in [4.78, 5) is 3.56. The minimum atomic E-state index is -4.46. The number of hydrogen-bond acceptors (Lipinski definition) is 8. The molecule has 0 saturated heterocycles. The molecular formula is C25H28Cl3FN4O4S2. The van der Waals surface area contributed by atoms with Gasteiger partial charge in [0.2, 0.25) is 0 Å². The molecule has 1 fully saturated rings. The number of methoxy groups -OCH3 is 2. The van der Waals surface area contributed by atoms with Gasteiger partial charge in [-0.1, -0.05) is 18.5 Å². The van der Waals surface area contributed by atoms with Gasteiger partial charge >= 0.3 is 0 Å². The fourth-order valence-corrected chi connectivity index (χ4v) is 7.57. The van der Waals surface area contributed by atoms with E-state index in [2.05, 4.69) is 10.3 Å². The number of benzene rings is 2. The summed E-state index contributed by atoms with van der Waals surface area (Å²) in [5.74, 6) is -0.0921. The van der Waals surface area contributed by atoms with Crippen molar-refractivity contribution in [1.82, 2.24) is 4.98 Å². The van der Waals surface area contributed by atoms with E-state index < -0.39 is 31.1 Å². The number of aromatic nitrogens is 1. The van der Waals surface area contributed by atoms with Crippen LogP contribution in [0.1, 0.15) is 25.3 Å². The summed E-state index contributed by atoms with van der Waals surface area (Å²) in [5, 5.41) is 4.87. The summed E-state index contributed by atoms with van der Waals surface area (Å²) in [6.45, 7) is 1.74. The average molecular weight is 638 g/mol. The molecule has 1 saturated carbocycles. The molecule has 0 unspecified atom stereocenters. The number of nitrogens with one attached hydrogen (secondary N) is 1. The van der Waals surface area contributed by atoms with Gasteiger partial charge in [0.25, 0.3) is 10.0 Å². The number of nitrogens with zero attached hydrogens (tertiary/aromatic N) is 2. The van der Waals surface area contributed by atoms with Gasteiger partial charge in [0.05, 0.1) is 31.5 Å². The zero-order valence-corrected chi connectivity index (χ0v) is 25.2. The van der Waals surface area contributed by atoms with Gasteiger partial charge in [0.15, 0.2) is 5.13 Å². The molecule has 3 atom stereocenters. The van der Waals surface area contributed by atoms with Crippen LogP contribution in [0.3, 0.4) is 0 Å². The quantitative estimate of drug-likeness (QED) is 0.275. The second-order valence-corrected chi connectivity index (χ2v) is 13.9. The zero-order chi connectivity index (χ0) is 28.5. The highest BCUT2D eigenvalue weighted by Gasteiger charge is 2.42. The van der Waals surface area contributed by atoms with Gasteiger partial charge in [-0.15, -0.1) is 34.5 Å². The Morgan fingerprint density at radius 1 is 1.26 bits per heavy atom. The smallest absolute Gasteiger partial charge is 0.269 e. The Morgan fingerprint density at radius 2 is 2.00 bits per heavy atom. The normalized spacial score (nSPS) is 20.9. The maximum atomic E-state index is 15.5. The van der Waals surface area contributed by atoms with E-state index in [1.54, 1.807) is 23.6 Å². The van der Waals surface area contributed by atoms with E-state index in [4.69, 9.17) is 50.0 Å². The summed E-state index contributed by atoms with van der Waals surface area (Å²) in [6, 6.07) is 6.39. The highest BCUT2D eigenvalue weighted by molar-refractivity contribution is 7.93. The van der Waals surface area contributed by atoms with Gasteiger partial charge in [-0.05, 0) is 36.6 Å². The number of sulfonamides is 1. The number of thiazole rings is 1. The monoisotopic (exact) mass is 636 g/mol. The summed E-state index contributed by atoms with van der Waals surface area (Å²) in [7, 11) is -1.49. The third-order valence-corrected chi connectivity index (χ3v) is 10.8. The van der Waals surface area contributed by atoms with Crippen molar-refractivity contribution < 1.29 is 22.3 Å². The SMILES string of the molecule is COc1ccc(CN(c2nccs2)S(=O)(=O)c2cc(Cl)c(N[C@H]3CC(Cl)(Cl)[C@@H](C)C[C@@H]3N)cc2F)c(OC)c1. The predicted octanol–water partition coefficient (Wildman–Crippen LogP) is 6.06. The Hall–Kier alpha value is -2.02. The van der Waals surface area contributed by atoms with Crippen LogP contribution in [0.5, 0.6) is 11.5 Å². The largest absolute Gasteiger partial charge is 0.497 e. The maximum Gasteiger partial charge on any atom is 0.269 e. The third-order valence-electron chi connectivity index (χ3n) is 6.73. The molecule has 1 aromatic heterocycles. The van der Waals surface area contributed by atoms with Crippen LogP contribution in [0.15, 0.2) is 46.8 Å². The molecular weight excluding hydrogens is 610 g/mol. The van der Waals surface area contributed by atoms with Crippen LogP contribution < -0.4 is 24.8 Å². The fraction of sp³-hybridized carbons (Fsp3) is 0.400. The van der Waals surface area contributed by atoms with Crippen molar-refractivity contribution in [3.8, 4) is 11.5 Å². The second kappa shape index (κ2) is 11.8. The molecule has 0 aliphatic heterocycles. The van der Waals surface area contributed by atoms with Crippen molar-refractivity contribution >= 4 is 67.0 Å². The van der Waals surface area contributed by atoms with E-state index in [-0.39, 0.29) is 34.3 Å². The lowest BCUT2D eigenvalue weighted by Gasteiger charge is -2.41. The molecule has 1 heterocycles. The first-order valence-electron chi connectivity index (χ1n) is 11.9. The van der Waals surface area contributed by atoms with Crippen LogP contribution >= 0.6 is 46.1 Å². The number of rotatable bonds is 9. The standard InChI is InChI=1S/C25H28Cl3FN4O4S2/c1-14-8-19(30)21(12-25(14,27)28)32-20-11-18(29)23(10-17(20)26)39(34,35)33(24-31-6-7-38-24)13-15-4-5-16(36-2)9-22(15)37-3/h4-7,9-11,14,19,21,32H,8,12-13,30H2,1-3H3/t14-,19-,21-/m0/s1. The van der Waals surface area contributed by atoms with Gasteiger partial charge in [0, 0.05) is 41.7 Å². The van der Waals surface area contributed by atoms with Crippen LogP contribution in [0.4, 0.5) is 15.2 Å². The van der Waals surface area contributed by atoms with Crippen molar-refractivity contribution in [2.45, 2.75) is 47.6 Å². The number of alkyl halides is 2. The highest BCUT2D eigenvalue weighted by Crippen LogP contribution is 2.43. The van der Waals surface area contributed by atoms with Crippen LogP contribution in [0.25, 0.3) is 0 Å². The minimum absolute atomic E-state index is 0.00309. The lowest BCUT2D eigenvalue weighted by molar-refractivity contribution is 0.302. The van der Waals surface area contributed by atoms with E-state index in [0.29, 0.717) is 29.9 Å². The Balaban J connectivity index is 1.68. The summed E-state index contributed by atoms with van der Waals surface area (Å²) >= 11 is 20.5. The van der Waals surface area contributed by atoms with E-state index in [9.17, 15) is 8.42 Å². The second-order valence-electron chi connectivity index (χ2n) is 9.28. The minimum Gasteiger partial charge on any atom is -0.497 e. The topological polar surface area (TPSA) is 107 Å². The fourth-order valence-electron chi connectivity index (χ4n) is 4.44. The average Bonchev–Trinajstić information content (AvgIpc) is 3.42. The molecule has 0 bridgehead atoms. The maximum absolute atomic E-state index is 15.5. The van der Waals surface area contributed by atoms with Gasteiger partial charge in [-0.3, -0.25) is 0 Å². The van der Waals surface area contributed by atoms with E-state index in [1.165, 1.54) is 20.4 Å². The van der Waals surface area contributed by atoms with Gasteiger partial charge in [0.1, 0.15) is 26.5 Å². The van der Waals surface area contributed by atoms with Gasteiger partial charge < -0.3 is 20.5 Å². The number of anilines is 2. The first kappa shape index (κ1) is 30.0. The summed E-state index contributed by atoms with van der Waals surface area (Å²) in [5.41, 5.74) is 7.00. The number of ether oxygens (including phenoxy) is 2. The first-order valence-corrected chi connectivity index (χ1v) is 15.3. The predicted molar refractivity (Wildman–Crippen MR) is 155 cm³/mol. The van der Waals surface area contributed by atoms with Crippen molar-refractivity contribution in [3.05, 3.63) is 58.3 Å². The molecule has 0 radical (unpaired) electrons. The van der Waals surface area contributed by atoms with Gasteiger partial charge in [-0.2, -0.15) is 0 Å². The Labute approximate surface area is 246 Å². The van der Waals surface area contributed by atoms with Crippen LogP contribution in [-0.2, 0) is 16.6 Å². The van der Waals surface area contributed by atoms with Crippen LogP contribution in [0, 0.1) is 11.7 Å². The van der Waals surface area contributed by atoms with Crippen LogP contribution in [0.2, 0.25) is 5.02 Å². The molecule has 2 aromatic carbocycles. The lowest BCUT2D eigenvalue weighted by atomic mass is 9.82. The Kier molecular flexibility index (Phi) is 9.09. The lowest BCUT2D eigenvalue weighted by Crippen LogP contribution is -2.51. The highest BCUT2D eigenvalue weighted by atomic mass is 35.5. The molecule has 1 aliphatic carbocycles. The summed E-state index contributed by atoms with van der Waals surface area (Å²) in [6.07, 6.45) is 2.32. The number of nitrogens with two attached hydrogens (primary N) is 1. The van der Waals surface area contributed by atoms with E-state index in [0.717, 1.165) is 27.8 Å². The molecule has 1 aliphatic rings. The number of hydrogen-bond donors (Lipinski definition) is 2. The molecule has 8 nitrogen and oxygen atoms in total. The van der Waals surface area contributed by atoms with Crippen LogP contribution in [-0.4, -0.2) is 44.0 Å². The molecule has 4 rings (SSSR count). The molecule has 39 heavy (non-hydrogen) atoms. The van der Waals surface area contributed by atoms with Crippen molar-refractivity contribution in [3.63, 3.8) is 0 Å². The zero-order valence-electron chi connectivity index (χ0n) is 21.3. The third kappa shape index (κ3) is 6.34. The van der Waals surface area contributed by atoms with Gasteiger partial charge in [-0.25, -0.2) is 22.1 Å². The molecule has 0 amide bonds. The van der Waals surface area contributed by atoms with Crippen molar-refractivity contribution in [2.24, 2.45) is 11.7 Å². The van der Waals surface area contributed by atoms with E-state index in [1.807, 2.05) is 6.92 Å². The molecule has 0 spiro atoms. The molecule has 3 N–H and O–H groups in total. The van der Waals surface area contributed by atoms with Crippen molar-refractivity contribution in [2.75, 3.05) is 23.8 Å². The first-order chi connectivity index (χ1) is 18.4. The number of halogens is 4. The Morgan fingerprint density at radius 3 is 2.64 bits per heavy atom. The van der Waals surface area contributed by atoms with Crippen molar-refractivity contribution in [1.29, 1.82) is 0 Å².